The molecule has 0 amide bonds. The second-order valence-electron chi connectivity index (χ2n) is 6.83. The van der Waals surface area contributed by atoms with E-state index in [4.69, 9.17) is 4.74 Å². The summed E-state index contributed by atoms with van der Waals surface area (Å²) in [6.45, 7) is 3.71. The van der Waals surface area contributed by atoms with E-state index in [-0.39, 0.29) is 0 Å². The SMILES string of the molecule is c1ccc(CC[C@@H]2CN(Cc3ccccc3-n3cccn3)CCO2)cc1. The molecule has 0 saturated carbocycles. The number of aromatic nitrogens is 2. The molecule has 1 saturated heterocycles. The minimum atomic E-state index is 0.306. The van der Waals surface area contributed by atoms with Crippen LogP contribution in [0.2, 0.25) is 0 Å². The Kier molecular flexibility index (Phi) is 5.43. The van der Waals surface area contributed by atoms with Crippen molar-refractivity contribution in [1.82, 2.24) is 14.7 Å². The van der Waals surface area contributed by atoms with Gasteiger partial charge in [-0.3, -0.25) is 4.90 Å². The molecule has 1 aliphatic heterocycles. The first-order valence-electron chi connectivity index (χ1n) is 9.34. The molecule has 4 rings (SSSR count). The van der Waals surface area contributed by atoms with Gasteiger partial charge in [0.1, 0.15) is 0 Å². The van der Waals surface area contributed by atoms with Gasteiger partial charge in [-0.2, -0.15) is 5.10 Å². The van der Waals surface area contributed by atoms with Gasteiger partial charge in [-0.05, 0) is 36.1 Å². The zero-order chi connectivity index (χ0) is 17.6. The Balaban J connectivity index is 1.38. The maximum absolute atomic E-state index is 6.01. The molecule has 1 atom stereocenters. The van der Waals surface area contributed by atoms with Crippen LogP contribution in [0, 0.1) is 0 Å². The number of para-hydroxylation sites is 1. The minimum Gasteiger partial charge on any atom is -0.376 e. The van der Waals surface area contributed by atoms with Gasteiger partial charge < -0.3 is 4.74 Å². The molecule has 26 heavy (non-hydrogen) atoms. The van der Waals surface area contributed by atoms with Crippen LogP contribution in [0.3, 0.4) is 0 Å². The molecule has 1 aliphatic rings. The van der Waals surface area contributed by atoms with E-state index in [0.29, 0.717) is 6.10 Å². The maximum Gasteiger partial charge on any atom is 0.0705 e. The van der Waals surface area contributed by atoms with E-state index < -0.39 is 0 Å². The summed E-state index contributed by atoms with van der Waals surface area (Å²) in [6.07, 6.45) is 6.28. The van der Waals surface area contributed by atoms with Gasteiger partial charge in [0.15, 0.2) is 0 Å². The van der Waals surface area contributed by atoms with Gasteiger partial charge in [-0.25, -0.2) is 4.68 Å². The van der Waals surface area contributed by atoms with Crippen molar-refractivity contribution in [3.05, 3.63) is 84.2 Å². The summed E-state index contributed by atoms with van der Waals surface area (Å²) in [5.41, 5.74) is 3.85. The van der Waals surface area contributed by atoms with Gasteiger partial charge in [0.2, 0.25) is 0 Å². The number of morpholine rings is 1. The van der Waals surface area contributed by atoms with Crippen LogP contribution in [-0.2, 0) is 17.7 Å². The summed E-state index contributed by atoms with van der Waals surface area (Å²) in [6, 6.07) is 21.1. The van der Waals surface area contributed by atoms with Crippen molar-refractivity contribution in [2.75, 3.05) is 19.7 Å². The number of benzene rings is 2. The quantitative estimate of drug-likeness (QED) is 0.681. The van der Waals surface area contributed by atoms with Crippen molar-refractivity contribution in [1.29, 1.82) is 0 Å². The molecule has 2 aromatic carbocycles. The molecule has 1 aromatic heterocycles. The van der Waals surface area contributed by atoms with Gasteiger partial charge in [0.05, 0.1) is 18.4 Å². The average molecular weight is 347 g/mol. The van der Waals surface area contributed by atoms with Gasteiger partial charge in [0.25, 0.3) is 0 Å². The highest BCUT2D eigenvalue weighted by Gasteiger charge is 2.21. The summed E-state index contributed by atoms with van der Waals surface area (Å²) in [4.78, 5) is 2.50. The fraction of sp³-hybridized carbons (Fsp3) is 0.318. The lowest BCUT2D eigenvalue weighted by Gasteiger charge is -2.33. The molecule has 0 unspecified atom stereocenters. The Morgan fingerprint density at radius 3 is 2.69 bits per heavy atom. The lowest BCUT2D eigenvalue weighted by atomic mass is 10.1. The van der Waals surface area contributed by atoms with Crippen molar-refractivity contribution in [2.24, 2.45) is 0 Å². The predicted molar refractivity (Wildman–Crippen MR) is 103 cm³/mol. The first-order valence-corrected chi connectivity index (χ1v) is 9.34. The van der Waals surface area contributed by atoms with E-state index >= 15 is 0 Å². The van der Waals surface area contributed by atoms with Crippen molar-refractivity contribution in [3.63, 3.8) is 0 Å². The highest BCUT2D eigenvalue weighted by molar-refractivity contribution is 5.40. The minimum absolute atomic E-state index is 0.306. The molecule has 4 heteroatoms. The largest absolute Gasteiger partial charge is 0.376 e. The van der Waals surface area contributed by atoms with Crippen LogP contribution in [0.4, 0.5) is 0 Å². The van der Waals surface area contributed by atoms with Crippen LogP contribution < -0.4 is 0 Å². The molecule has 3 aromatic rings. The molecule has 4 nitrogen and oxygen atoms in total. The Labute approximate surface area is 155 Å². The molecular formula is C22H25N3O. The normalized spacial score (nSPS) is 18.1. The third-order valence-corrected chi connectivity index (χ3v) is 4.96. The van der Waals surface area contributed by atoms with Crippen molar-refractivity contribution in [3.8, 4) is 5.69 Å². The van der Waals surface area contributed by atoms with Crippen LogP contribution in [0.5, 0.6) is 0 Å². The van der Waals surface area contributed by atoms with Crippen LogP contribution in [0.1, 0.15) is 17.5 Å². The highest BCUT2D eigenvalue weighted by atomic mass is 16.5. The molecular weight excluding hydrogens is 322 g/mol. The summed E-state index contributed by atoms with van der Waals surface area (Å²) in [5, 5.41) is 4.39. The Hall–Kier alpha value is -2.43. The van der Waals surface area contributed by atoms with E-state index in [9.17, 15) is 0 Å². The van der Waals surface area contributed by atoms with E-state index in [2.05, 4.69) is 64.6 Å². The molecule has 0 aliphatic carbocycles. The predicted octanol–water partition coefficient (Wildman–Crippen LogP) is 3.71. The van der Waals surface area contributed by atoms with E-state index in [1.165, 1.54) is 11.1 Å². The smallest absolute Gasteiger partial charge is 0.0705 e. The molecule has 1 fully saturated rings. The third kappa shape index (κ3) is 4.21. The molecule has 0 radical (unpaired) electrons. The van der Waals surface area contributed by atoms with Gasteiger partial charge in [-0.15, -0.1) is 0 Å². The molecule has 134 valence electrons. The monoisotopic (exact) mass is 347 g/mol. The Bertz CT molecular complexity index is 801. The summed E-state index contributed by atoms with van der Waals surface area (Å²) >= 11 is 0. The summed E-state index contributed by atoms with van der Waals surface area (Å²) in [5.74, 6) is 0. The summed E-state index contributed by atoms with van der Waals surface area (Å²) in [7, 11) is 0. The second kappa shape index (κ2) is 8.30. The van der Waals surface area contributed by atoms with E-state index in [0.717, 1.165) is 44.8 Å². The Morgan fingerprint density at radius 1 is 1.00 bits per heavy atom. The van der Waals surface area contributed by atoms with Crippen LogP contribution in [-0.4, -0.2) is 40.5 Å². The lowest BCUT2D eigenvalue weighted by molar-refractivity contribution is -0.0345. The second-order valence-corrected chi connectivity index (χ2v) is 6.83. The van der Waals surface area contributed by atoms with Gasteiger partial charge >= 0.3 is 0 Å². The van der Waals surface area contributed by atoms with Gasteiger partial charge in [0, 0.05) is 32.0 Å². The van der Waals surface area contributed by atoms with Crippen LogP contribution >= 0.6 is 0 Å². The van der Waals surface area contributed by atoms with Gasteiger partial charge in [-0.1, -0.05) is 48.5 Å². The fourth-order valence-corrected chi connectivity index (χ4v) is 3.59. The third-order valence-electron chi connectivity index (χ3n) is 4.96. The number of hydrogen-bond donors (Lipinski definition) is 0. The van der Waals surface area contributed by atoms with Crippen molar-refractivity contribution >= 4 is 0 Å². The lowest BCUT2D eigenvalue weighted by Crippen LogP contribution is -2.42. The number of aryl methyl sites for hydroxylation is 1. The zero-order valence-corrected chi connectivity index (χ0v) is 15.0. The van der Waals surface area contributed by atoms with Crippen molar-refractivity contribution in [2.45, 2.75) is 25.5 Å². The van der Waals surface area contributed by atoms with E-state index in [1.807, 2.05) is 23.1 Å². The molecule has 0 bridgehead atoms. The fourth-order valence-electron chi connectivity index (χ4n) is 3.59. The maximum atomic E-state index is 6.01. The Morgan fingerprint density at radius 2 is 1.85 bits per heavy atom. The highest BCUT2D eigenvalue weighted by Crippen LogP contribution is 2.19. The first-order chi connectivity index (χ1) is 12.9. The van der Waals surface area contributed by atoms with Crippen LogP contribution in [0.15, 0.2) is 73.1 Å². The van der Waals surface area contributed by atoms with Crippen LogP contribution in [0.25, 0.3) is 5.69 Å². The number of hydrogen-bond acceptors (Lipinski definition) is 3. The average Bonchev–Trinajstić information content (AvgIpc) is 3.23. The molecule has 2 heterocycles. The van der Waals surface area contributed by atoms with Crippen molar-refractivity contribution < 1.29 is 4.74 Å². The summed E-state index contributed by atoms with van der Waals surface area (Å²) < 4.78 is 7.96. The number of nitrogens with zero attached hydrogens (tertiary/aromatic N) is 3. The van der Waals surface area contributed by atoms with E-state index in [1.54, 1.807) is 0 Å². The topological polar surface area (TPSA) is 30.3 Å². The zero-order valence-electron chi connectivity index (χ0n) is 15.0. The molecule has 0 N–H and O–H groups in total. The number of rotatable bonds is 6. The first kappa shape index (κ1) is 17.0. The standard InChI is InChI=1S/C22H25N3O/c1-2-7-19(8-3-1)11-12-21-18-24(15-16-26-21)17-20-9-4-5-10-22(20)25-14-6-13-23-25/h1-10,13-14,21H,11-12,15-18H2/t21-/m1/s1. The molecule has 0 spiro atoms. The number of ether oxygens (including phenoxy) is 1.